The molecule has 0 aromatic carbocycles. The van der Waals surface area contributed by atoms with Crippen LogP contribution >= 0.6 is 0 Å². The van der Waals surface area contributed by atoms with Crippen molar-refractivity contribution in [2.24, 2.45) is 22.7 Å². The number of allylic oxidation sites excluding steroid dienone is 2. The molecule has 3 unspecified atom stereocenters. The van der Waals surface area contributed by atoms with Crippen molar-refractivity contribution in [2.45, 2.75) is 60.8 Å². The Bertz CT molecular complexity index is 327. The van der Waals surface area contributed by atoms with E-state index < -0.39 is 5.97 Å². The Morgan fingerprint density at radius 2 is 1.80 bits per heavy atom. The molecule has 2 N–H and O–H groups in total. The second kappa shape index (κ2) is 7.82. The van der Waals surface area contributed by atoms with Crippen LogP contribution in [0.5, 0.6) is 0 Å². The fourth-order valence-electron chi connectivity index (χ4n) is 2.61. The van der Waals surface area contributed by atoms with Crippen LogP contribution in [0.4, 0.5) is 0 Å². The summed E-state index contributed by atoms with van der Waals surface area (Å²) in [6.07, 6.45) is 6.83. The Balaban J connectivity index is 4.58. The van der Waals surface area contributed by atoms with Gasteiger partial charge in [-0.2, -0.15) is 0 Å². The van der Waals surface area contributed by atoms with Gasteiger partial charge in [0.2, 0.25) is 0 Å². The minimum Gasteiger partial charge on any atom is -0.481 e. The fraction of sp³-hybridized carbons (Fsp3) is 0.824. The van der Waals surface area contributed by atoms with Crippen molar-refractivity contribution in [3.8, 4) is 0 Å². The SMILES string of the molecule is CCC(C)(CO)CC(C)(C)/C=C\C(C)CC(C)C(=O)O. The smallest absolute Gasteiger partial charge is 0.306 e. The highest BCUT2D eigenvalue weighted by atomic mass is 16.4. The zero-order valence-electron chi connectivity index (χ0n) is 13.9. The van der Waals surface area contributed by atoms with Gasteiger partial charge < -0.3 is 10.2 Å². The Kier molecular flexibility index (Phi) is 7.50. The summed E-state index contributed by atoms with van der Waals surface area (Å²) in [5.41, 5.74) is -0.0420. The van der Waals surface area contributed by atoms with Crippen LogP contribution in [-0.2, 0) is 4.79 Å². The highest BCUT2D eigenvalue weighted by molar-refractivity contribution is 5.69. The number of carboxylic acid groups (broad SMARTS) is 1. The molecule has 3 nitrogen and oxygen atoms in total. The van der Waals surface area contributed by atoms with E-state index in [0.717, 1.165) is 12.8 Å². The molecule has 0 radical (unpaired) electrons. The van der Waals surface area contributed by atoms with Crippen molar-refractivity contribution in [3.05, 3.63) is 12.2 Å². The highest BCUT2D eigenvalue weighted by Crippen LogP contribution is 2.37. The Morgan fingerprint density at radius 3 is 2.20 bits per heavy atom. The minimum atomic E-state index is -0.733. The lowest BCUT2D eigenvalue weighted by atomic mass is 9.72. The van der Waals surface area contributed by atoms with E-state index >= 15 is 0 Å². The summed E-state index contributed by atoms with van der Waals surface area (Å²) >= 11 is 0. The van der Waals surface area contributed by atoms with Gasteiger partial charge in [0.15, 0.2) is 0 Å². The summed E-state index contributed by atoms with van der Waals surface area (Å²) < 4.78 is 0. The number of aliphatic carboxylic acids is 1. The predicted molar refractivity (Wildman–Crippen MR) is 83.6 cm³/mol. The Hall–Kier alpha value is -0.830. The molecule has 0 aromatic heterocycles. The topological polar surface area (TPSA) is 57.5 Å². The van der Waals surface area contributed by atoms with E-state index in [1.165, 1.54) is 0 Å². The summed E-state index contributed by atoms with van der Waals surface area (Å²) in [7, 11) is 0. The molecule has 118 valence electrons. The van der Waals surface area contributed by atoms with Crippen LogP contribution in [0, 0.1) is 22.7 Å². The van der Waals surface area contributed by atoms with E-state index in [1.54, 1.807) is 6.92 Å². The van der Waals surface area contributed by atoms with Crippen LogP contribution in [0.1, 0.15) is 60.8 Å². The van der Waals surface area contributed by atoms with E-state index in [1.807, 2.05) is 0 Å². The third-order valence-electron chi connectivity index (χ3n) is 4.14. The summed E-state index contributed by atoms with van der Waals surface area (Å²) in [5, 5.41) is 18.4. The summed E-state index contributed by atoms with van der Waals surface area (Å²) in [6.45, 7) is 12.5. The Morgan fingerprint density at radius 1 is 1.25 bits per heavy atom. The normalized spacial score (nSPS) is 18.8. The first-order valence-corrected chi connectivity index (χ1v) is 7.58. The van der Waals surface area contributed by atoms with E-state index in [-0.39, 0.29) is 29.3 Å². The lowest BCUT2D eigenvalue weighted by molar-refractivity contribution is -0.141. The maximum Gasteiger partial charge on any atom is 0.306 e. The van der Waals surface area contributed by atoms with Crippen LogP contribution in [0.2, 0.25) is 0 Å². The van der Waals surface area contributed by atoms with Crippen LogP contribution in [0.15, 0.2) is 12.2 Å². The van der Waals surface area contributed by atoms with Crippen molar-refractivity contribution >= 4 is 5.97 Å². The largest absolute Gasteiger partial charge is 0.481 e. The molecule has 3 atom stereocenters. The predicted octanol–water partition coefficient (Wildman–Crippen LogP) is 4.11. The van der Waals surface area contributed by atoms with Gasteiger partial charge in [0.25, 0.3) is 0 Å². The number of aliphatic hydroxyl groups is 1. The first-order valence-electron chi connectivity index (χ1n) is 7.58. The number of carbonyl (C=O) groups is 1. The first-order chi connectivity index (χ1) is 9.05. The second-order valence-electron chi connectivity index (χ2n) is 7.30. The van der Waals surface area contributed by atoms with Gasteiger partial charge >= 0.3 is 5.97 Å². The molecule has 0 spiro atoms. The van der Waals surface area contributed by atoms with Gasteiger partial charge in [-0.3, -0.25) is 4.79 Å². The van der Waals surface area contributed by atoms with Crippen LogP contribution < -0.4 is 0 Å². The third kappa shape index (κ3) is 7.09. The molecule has 0 aromatic rings. The molecule has 3 heteroatoms. The maximum atomic E-state index is 10.8. The molecule has 0 saturated heterocycles. The van der Waals surface area contributed by atoms with E-state index in [9.17, 15) is 9.90 Å². The number of aliphatic hydroxyl groups excluding tert-OH is 1. The van der Waals surface area contributed by atoms with Gasteiger partial charge in [0, 0.05) is 6.61 Å². The van der Waals surface area contributed by atoms with Gasteiger partial charge in [-0.1, -0.05) is 53.7 Å². The number of rotatable bonds is 9. The van der Waals surface area contributed by atoms with Gasteiger partial charge in [0.1, 0.15) is 0 Å². The van der Waals surface area contributed by atoms with Crippen LogP contribution in [0.3, 0.4) is 0 Å². The van der Waals surface area contributed by atoms with Crippen molar-refractivity contribution in [1.29, 1.82) is 0 Å². The van der Waals surface area contributed by atoms with Gasteiger partial charge in [0.05, 0.1) is 5.92 Å². The van der Waals surface area contributed by atoms with Crippen LogP contribution in [-0.4, -0.2) is 22.8 Å². The molecule has 0 saturated carbocycles. The lowest BCUT2D eigenvalue weighted by Gasteiger charge is -2.34. The lowest BCUT2D eigenvalue weighted by Crippen LogP contribution is -2.27. The third-order valence-corrected chi connectivity index (χ3v) is 4.14. The standard InChI is InChI=1S/C17H32O3/c1-7-17(6,12-18)11-16(4,5)9-8-13(2)10-14(3)15(19)20/h8-9,13-14,18H,7,10-12H2,1-6H3,(H,19,20)/b9-8-. The van der Waals surface area contributed by atoms with Crippen LogP contribution in [0.25, 0.3) is 0 Å². The second-order valence-corrected chi connectivity index (χ2v) is 7.30. The van der Waals surface area contributed by atoms with Crippen molar-refractivity contribution in [1.82, 2.24) is 0 Å². The van der Waals surface area contributed by atoms with Crippen molar-refractivity contribution in [3.63, 3.8) is 0 Å². The van der Waals surface area contributed by atoms with Gasteiger partial charge in [-0.25, -0.2) is 0 Å². The fourth-order valence-corrected chi connectivity index (χ4v) is 2.61. The summed E-state index contributed by atoms with van der Waals surface area (Å²) in [5.74, 6) is -0.790. The van der Waals surface area contributed by atoms with E-state index in [2.05, 4.69) is 46.8 Å². The number of hydrogen-bond donors (Lipinski definition) is 2. The number of hydrogen-bond acceptors (Lipinski definition) is 2. The quantitative estimate of drug-likeness (QED) is 0.626. The monoisotopic (exact) mass is 284 g/mol. The van der Waals surface area contributed by atoms with Crippen molar-refractivity contribution in [2.75, 3.05) is 6.61 Å². The molecule has 0 amide bonds. The Labute approximate surface area is 124 Å². The molecule has 0 fully saturated rings. The highest BCUT2D eigenvalue weighted by Gasteiger charge is 2.29. The first kappa shape index (κ1) is 19.2. The minimum absolute atomic E-state index is 0.00815. The molecule has 0 aliphatic carbocycles. The molecule has 0 heterocycles. The molecular weight excluding hydrogens is 252 g/mol. The zero-order valence-corrected chi connectivity index (χ0v) is 13.9. The van der Waals surface area contributed by atoms with E-state index in [0.29, 0.717) is 6.42 Å². The maximum absolute atomic E-state index is 10.8. The summed E-state index contributed by atoms with van der Waals surface area (Å²) in [4.78, 5) is 10.8. The molecule has 0 bridgehead atoms. The van der Waals surface area contributed by atoms with Gasteiger partial charge in [-0.15, -0.1) is 0 Å². The molecule has 0 aliphatic heterocycles. The number of carboxylic acids is 1. The van der Waals surface area contributed by atoms with E-state index in [4.69, 9.17) is 5.11 Å². The molecular formula is C17H32O3. The van der Waals surface area contributed by atoms with Gasteiger partial charge in [-0.05, 0) is 36.0 Å². The average molecular weight is 284 g/mol. The molecule has 20 heavy (non-hydrogen) atoms. The average Bonchev–Trinajstić information content (AvgIpc) is 2.35. The zero-order chi connectivity index (χ0) is 16.0. The van der Waals surface area contributed by atoms with Crippen molar-refractivity contribution < 1.29 is 15.0 Å². The molecule has 0 aliphatic rings. The molecule has 0 rings (SSSR count). The summed E-state index contributed by atoms with van der Waals surface area (Å²) in [6, 6.07) is 0.